The summed E-state index contributed by atoms with van der Waals surface area (Å²) in [6.45, 7) is 4.85. The van der Waals surface area contributed by atoms with E-state index in [1.807, 2.05) is 0 Å². The molecule has 1 amide bonds. The van der Waals surface area contributed by atoms with Gasteiger partial charge in [0.15, 0.2) is 0 Å². The third-order valence-electron chi connectivity index (χ3n) is 2.17. The van der Waals surface area contributed by atoms with E-state index < -0.39 is 0 Å². The molecule has 1 heterocycles. The van der Waals surface area contributed by atoms with Gasteiger partial charge in [0.25, 0.3) is 0 Å². The third-order valence-corrected chi connectivity index (χ3v) is 3.19. The molecular weight excluding hydrogens is 194 g/mol. The molecule has 0 aromatic carbocycles. The van der Waals surface area contributed by atoms with Crippen molar-refractivity contribution in [3.63, 3.8) is 0 Å². The van der Waals surface area contributed by atoms with Crippen LogP contribution in [0.2, 0.25) is 0 Å². The van der Waals surface area contributed by atoms with Gasteiger partial charge in [0.05, 0.1) is 6.54 Å². The standard InChI is InChI=1S/C11H17NOS/c1-3-4-5-11(13)12-8-10-9(2)6-7-14-10/h6-7H,3-5,8H2,1-2H3,(H,12,13). The molecule has 0 bridgehead atoms. The van der Waals surface area contributed by atoms with Crippen molar-refractivity contribution >= 4 is 17.2 Å². The SMILES string of the molecule is CCCCC(=O)NCc1sccc1C. The van der Waals surface area contributed by atoms with Gasteiger partial charge >= 0.3 is 0 Å². The first-order valence-corrected chi connectivity index (χ1v) is 5.91. The number of nitrogens with one attached hydrogen (secondary N) is 1. The Bertz CT molecular complexity index is 293. The van der Waals surface area contributed by atoms with Crippen molar-refractivity contribution in [3.05, 3.63) is 21.9 Å². The van der Waals surface area contributed by atoms with E-state index in [4.69, 9.17) is 0 Å². The van der Waals surface area contributed by atoms with Crippen LogP contribution < -0.4 is 5.32 Å². The Morgan fingerprint density at radius 1 is 1.57 bits per heavy atom. The fourth-order valence-electron chi connectivity index (χ4n) is 1.19. The smallest absolute Gasteiger partial charge is 0.220 e. The summed E-state index contributed by atoms with van der Waals surface area (Å²) in [7, 11) is 0. The highest BCUT2D eigenvalue weighted by atomic mass is 32.1. The number of hydrogen-bond donors (Lipinski definition) is 1. The maximum atomic E-state index is 11.3. The molecule has 1 rings (SSSR count). The van der Waals surface area contributed by atoms with E-state index in [-0.39, 0.29) is 5.91 Å². The Labute approximate surface area is 89.3 Å². The number of unbranched alkanes of at least 4 members (excludes halogenated alkanes) is 1. The van der Waals surface area contributed by atoms with Gasteiger partial charge in [-0.3, -0.25) is 4.79 Å². The molecule has 14 heavy (non-hydrogen) atoms. The molecule has 0 fully saturated rings. The second-order valence-electron chi connectivity index (χ2n) is 3.41. The molecule has 0 atom stereocenters. The zero-order valence-electron chi connectivity index (χ0n) is 8.80. The highest BCUT2D eigenvalue weighted by Gasteiger charge is 2.02. The predicted octanol–water partition coefficient (Wildman–Crippen LogP) is 2.86. The maximum Gasteiger partial charge on any atom is 0.220 e. The van der Waals surface area contributed by atoms with Crippen LogP contribution in [0, 0.1) is 6.92 Å². The first-order chi connectivity index (χ1) is 6.74. The number of carbonyl (C=O) groups excluding carboxylic acids is 1. The topological polar surface area (TPSA) is 29.1 Å². The minimum absolute atomic E-state index is 0.166. The van der Waals surface area contributed by atoms with Crippen molar-refractivity contribution in [2.75, 3.05) is 0 Å². The summed E-state index contributed by atoms with van der Waals surface area (Å²) in [4.78, 5) is 12.6. The summed E-state index contributed by atoms with van der Waals surface area (Å²) < 4.78 is 0. The Morgan fingerprint density at radius 2 is 2.36 bits per heavy atom. The Kier molecular flexibility index (Phi) is 4.66. The average molecular weight is 211 g/mol. The van der Waals surface area contributed by atoms with Crippen molar-refractivity contribution in [3.8, 4) is 0 Å². The fourth-order valence-corrected chi connectivity index (χ4v) is 2.04. The van der Waals surface area contributed by atoms with Crippen LogP contribution in [-0.2, 0) is 11.3 Å². The van der Waals surface area contributed by atoms with Crippen LogP contribution in [0.3, 0.4) is 0 Å². The largest absolute Gasteiger partial charge is 0.351 e. The predicted molar refractivity (Wildman–Crippen MR) is 60.4 cm³/mol. The minimum atomic E-state index is 0.166. The van der Waals surface area contributed by atoms with Crippen molar-refractivity contribution < 1.29 is 4.79 Å². The zero-order valence-corrected chi connectivity index (χ0v) is 9.62. The van der Waals surface area contributed by atoms with E-state index in [1.165, 1.54) is 10.4 Å². The van der Waals surface area contributed by atoms with Crippen molar-refractivity contribution in [2.45, 2.75) is 39.7 Å². The van der Waals surface area contributed by atoms with Crippen LogP contribution in [0.1, 0.15) is 36.6 Å². The third kappa shape index (κ3) is 3.50. The van der Waals surface area contributed by atoms with E-state index in [2.05, 4.69) is 30.6 Å². The fraction of sp³-hybridized carbons (Fsp3) is 0.545. The number of carbonyl (C=O) groups is 1. The summed E-state index contributed by atoms with van der Waals surface area (Å²) in [5.74, 6) is 0.166. The average Bonchev–Trinajstić information content (AvgIpc) is 2.58. The molecule has 78 valence electrons. The lowest BCUT2D eigenvalue weighted by Crippen LogP contribution is -2.22. The minimum Gasteiger partial charge on any atom is -0.351 e. The highest BCUT2D eigenvalue weighted by molar-refractivity contribution is 7.10. The summed E-state index contributed by atoms with van der Waals surface area (Å²) in [6, 6.07) is 2.08. The molecule has 0 aliphatic rings. The summed E-state index contributed by atoms with van der Waals surface area (Å²) >= 11 is 1.70. The van der Waals surface area contributed by atoms with Crippen LogP contribution in [0.15, 0.2) is 11.4 Å². The Morgan fingerprint density at radius 3 is 2.93 bits per heavy atom. The molecule has 0 spiro atoms. The molecule has 0 saturated heterocycles. The van der Waals surface area contributed by atoms with Crippen molar-refractivity contribution in [1.29, 1.82) is 0 Å². The molecule has 0 aliphatic carbocycles. The highest BCUT2D eigenvalue weighted by Crippen LogP contribution is 2.14. The van der Waals surface area contributed by atoms with Crippen LogP contribution >= 0.6 is 11.3 Å². The second kappa shape index (κ2) is 5.81. The van der Waals surface area contributed by atoms with Gasteiger partial charge in [0, 0.05) is 11.3 Å². The molecule has 0 saturated carbocycles. The lowest BCUT2D eigenvalue weighted by molar-refractivity contribution is -0.121. The lowest BCUT2D eigenvalue weighted by Gasteiger charge is -2.03. The monoisotopic (exact) mass is 211 g/mol. The number of aryl methyl sites for hydroxylation is 1. The number of amides is 1. The maximum absolute atomic E-state index is 11.3. The summed E-state index contributed by atoms with van der Waals surface area (Å²) in [6.07, 6.45) is 2.71. The van der Waals surface area contributed by atoms with E-state index in [0.29, 0.717) is 13.0 Å². The number of rotatable bonds is 5. The molecule has 1 N–H and O–H groups in total. The van der Waals surface area contributed by atoms with Gasteiger partial charge in [-0.2, -0.15) is 0 Å². The molecule has 2 nitrogen and oxygen atoms in total. The molecule has 0 radical (unpaired) electrons. The number of hydrogen-bond acceptors (Lipinski definition) is 2. The molecule has 0 aliphatic heterocycles. The second-order valence-corrected chi connectivity index (χ2v) is 4.41. The quantitative estimate of drug-likeness (QED) is 0.797. The molecule has 1 aromatic rings. The first kappa shape index (κ1) is 11.2. The van der Waals surface area contributed by atoms with E-state index >= 15 is 0 Å². The lowest BCUT2D eigenvalue weighted by atomic mass is 10.2. The van der Waals surface area contributed by atoms with Crippen LogP contribution in [0.4, 0.5) is 0 Å². The van der Waals surface area contributed by atoms with Gasteiger partial charge in [-0.1, -0.05) is 13.3 Å². The van der Waals surface area contributed by atoms with Crippen molar-refractivity contribution in [1.82, 2.24) is 5.32 Å². The van der Waals surface area contributed by atoms with Gasteiger partial charge in [0.1, 0.15) is 0 Å². The molecule has 1 aromatic heterocycles. The zero-order chi connectivity index (χ0) is 10.4. The van der Waals surface area contributed by atoms with Gasteiger partial charge in [-0.05, 0) is 30.4 Å². The first-order valence-electron chi connectivity index (χ1n) is 5.03. The van der Waals surface area contributed by atoms with Gasteiger partial charge in [0.2, 0.25) is 5.91 Å². The Balaban J connectivity index is 2.27. The van der Waals surface area contributed by atoms with E-state index in [1.54, 1.807) is 11.3 Å². The molecule has 0 unspecified atom stereocenters. The van der Waals surface area contributed by atoms with E-state index in [9.17, 15) is 4.79 Å². The van der Waals surface area contributed by atoms with Crippen LogP contribution in [-0.4, -0.2) is 5.91 Å². The molecule has 3 heteroatoms. The van der Waals surface area contributed by atoms with Crippen molar-refractivity contribution in [2.24, 2.45) is 0 Å². The number of thiophene rings is 1. The normalized spacial score (nSPS) is 10.1. The Hall–Kier alpha value is -0.830. The molecular formula is C11H17NOS. The van der Waals surface area contributed by atoms with Gasteiger partial charge in [-0.25, -0.2) is 0 Å². The van der Waals surface area contributed by atoms with Gasteiger partial charge in [-0.15, -0.1) is 11.3 Å². The van der Waals surface area contributed by atoms with Crippen LogP contribution in [0.5, 0.6) is 0 Å². The van der Waals surface area contributed by atoms with E-state index in [0.717, 1.165) is 12.8 Å². The van der Waals surface area contributed by atoms with Crippen LogP contribution in [0.25, 0.3) is 0 Å². The summed E-state index contributed by atoms with van der Waals surface area (Å²) in [5, 5.41) is 4.99. The van der Waals surface area contributed by atoms with Gasteiger partial charge < -0.3 is 5.32 Å². The summed E-state index contributed by atoms with van der Waals surface area (Å²) in [5.41, 5.74) is 1.27.